The molecule has 0 atom stereocenters. The first-order chi connectivity index (χ1) is 8.26. The van der Waals surface area contributed by atoms with Gasteiger partial charge in [-0.05, 0) is 13.8 Å². The van der Waals surface area contributed by atoms with Gasteiger partial charge >= 0.3 is 10.0 Å². The molecule has 0 aromatic heterocycles. The van der Waals surface area contributed by atoms with Gasteiger partial charge in [0.25, 0.3) is 0 Å². The van der Waals surface area contributed by atoms with Crippen LogP contribution in [0.5, 0.6) is 0 Å². The minimum atomic E-state index is -3.41. The van der Waals surface area contributed by atoms with Crippen LogP contribution in [-0.2, 0) is 14.7 Å². The molecule has 0 spiro atoms. The number of nitrogens with zero attached hydrogens (tertiary/aromatic N) is 2. The SMILES string of the molecule is CN(SC(F)(Cl)Cl)C(=O)ON=CC(C)(C)S(C)(=O)=O. The standard InChI is InChI=1S/C8H13Cl2FN2O4S2/c1-7(2,19(4,15)16)5-12-17-6(14)13(3)18-8(9,10)11/h5H,1-4H3. The number of carbonyl (C=O) groups excluding carboxylic acids is 1. The number of alkyl halides is 3. The normalized spacial score (nSPS) is 13.6. The summed E-state index contributed by atoms with van der Waals surface area (Å²) in [6, 6.07) is 0. The molecule has 112 valence electrons. The van der Waals surface area contributed by atoms with E-state index >= 15 is 0 Å². The number of sulfone groups is 1. The summed E-state index contributed by atoms with van der Waals surface area (Å²) < 4.78 is 32.1. The molecular formula is C8H13Cl2FN2O4S2. The molecule has 0 aliphatic carbocycles. The molecule has 11 heteroatoms. The first kappa shape index (κ1) is 18.8. The Hall–Kier alpha value is -0.250. The fourth-order valence-corrected chi connectivity index (χ4v) is 1.82. The van der Waals surface area contributed by atoms with Crippen molar-refractivity contribution in [2.75, 3.05) is 13.3 Å². The largest absolute Gasteiger partial charge is 0.445 e. The van der Waals surface area contributed by atoms with Crippen LogP contribution in [0.2, 0.25) is 0 Å². The highest BCUT2D eigenvalue weighted by atomic mass is 35.5. The van der Waals surface area contributed by atoms with E-state index in [0.717, 1.165) is 19.5 Å². The van der Waals surface area contributed by atoms with Crippen molar-refractivity contribution in [1.29, 1.82) is 0 Å². The molecule has 0 rings (SSSR count). The fraction of sp³-hybridized carbons (Fsp3) is 0.750. The molecule has 0 fully saturated rings. The summed E-state index contributed by atoms with van der Waals surface area (Å²) in [7, 11) is -2.25. The van der Waals surface area contributed by atoms with Crippen LogP contribution in [-0.4, -0.2) is 47.0 Å². The highest BCUT2D eigenvalue weighted by Crippen LogP contribution is 2.37. The maximum atomic E-state index is 12.8. The van der Waals surface area contributed by atoms with Gasteiger partial charge in [0.05, 0.1) is 6.21 Å². The smallest absolute Gasteiger partial charge is 0.298 e. The lowest BCUT2D eigenvalue weighted by Gasteiger charge is -2.18. The van der Waals surface area contributed by atoms with Crippen molar-refractivity contribution >= 4 is 57.3 Å². The zero-order valence-electron chi connectivity index (χ0n) is 10.6. The summed E-state index contributed by atoms with van der Waals surface area (Å²) in [4.78, 5) is 15.7. The van der Waals surface area contributed by atoms with Gasteiger partial charge in [-0.25, -0.2) is 17.5 Å². The molecule has 6 nitrogen and oxygen atoms in total. The molecule has 19 heavy (non-hydrogen) atoms. The minimum absolute atomic E-state index is 0.159. The Morgan fingerprint density at radius 1 is 1.47 bits per heavy atom. The molecule has 0 radical (unpaired) electrons. The van der Waals surface area contributed by atoms with E-state index in [2.05, 4.69) is 9.99 Å². The van der Waals surface area contributed by atoms with Crippen LogP contribution in [0.4, 0.5) is 9.18 Å². The van der Waals surface area contributed by atoms with E-state index in [-0.39, 0.29) is 11.9 Å². The summed E-state index contributed by atoms with van der Waals surface area (Å²) >= 11 is 10.2. The molecule has 1 amide bonds. The van der Waals surface area contributed by atoms with Gasteiger partial charge in [0, 0.05) is 25.3 Å². The summed E-state index contributed by atoms with van der Waals surface area (Å²) in [5.41, 5.74) is 0. The quantitative estimate of drug-likeness (QED) is 0.249. The van der Waals surface area contributed by atoms with Crippen LogP contribution in [0.1, 0.15) is 13.8 Å². The number of amides is 1. The van der Waals surface area contributed by atoms with E-state index in [1.165, 1.54) is 13.8 Å². The Morgan fingerprint density at radius 2 is 1.95 bits per heavy atom. The topological polar surface area (TPSA) is 76.0 Å². The Labute approximate surface area is 125 Å². The van der Waals surface area contributed by atoms with E-state index in [1.807, 2.05) is 0 Å². The van der Waals surface area contributed by atoms with Crippen LogP contribution in [0.15, 0.2) is 5.16 Å². The van der Waals surface area contributed by atoms with Crippen molar-refractivity contribution in [2.45, 2.75) is 22.5 Å². The van der Waals surface area contributed by atoms with Gasteiger partial charge in [0.2, 0.25) is 0 Å². The van der Waals surface area contributed by atoms with E-state index in [0.29, 0.717) is 4.31 Å². The van der Waals surface area contributed by atoms with Gasteiger partial charge in [-0.3, -0.25) is 4.84 Å². The van der Waals surface area contributed by atoms with Crippen molar-refractivity contribution < 1.29 is 22.4 Å². The van der Waals surface area contributed by atoms with Gasteiger partial charge in [0.1, 0.15) is 4.75 Å². The maximum Gasteiger partial charge on any atom is 0.445 e. The predicted molar refractivity (Wildman–Crippen MR) is 74.8 cm³/mol. The van der Waals surface area contributed by atoms with Crippen LogP contribution < -0.4 is 0 Å². The van der Waals surface area contributed by atoms with Crippen molar-refractivity contribution in [3.05, 3.63) is 0 Å². The van der Waals surface area contributed by atoms with Gasteiger partial charge in [-0.2, -0.15) is 4.39 Å². The van der Waals surface area contributed by atoms with Crippen molar-refractivity contribution in [3.8, 4) is 0 Å². The van der Waals surface area contributed by atoms with Crippen LogP contribution in [0.25, 0.3) is 0 Å². The third kappa shape index (κ3) is 7.19. The highest BCUT2D eigenvalue weighted by molar-refractivity contribution is 8.01. The molecule has 0 aliphatic rings. The third-order valence-electron chi connectivity index (χ3n) is 1.95. The summed E-state index contributed by atoms with van der Waals surface area (Å²) in [6.45, 7) is 2.75. The molecule has 0 saturated heterocycles. The fourth-order valence-electron chi connectivity index (χ4n) is 0.544. The molecule has 0 saturated carbocycles. The van der Waals surface area contributed by atoms with Gasteiger partial charge < -0.3 is 0 Å². The lowest BCUT2D eigenvalue weighted by Crippen LogP contribution is -2.33. The number of hydrogen-bond donors (Lipinski definition) is 0. The molecule has 0 aliphatic heterocycles. The monoisotopic (exact) mass is 354 g/mol. The lowest BCUT2D eigenvalue weighted by atomic mass is 10.2. The molecule has 0 aromatic carbocycles. The lowest BCUT2D eigenvalue weighted by molar-refractivity contribution is 0.137. The Bertz CT molecular complexity index is 462. The average molecular weight is 355 g/mol. The molecule has 0 aromatic rings. The van der Waals surface area contributed by atoms with Crippen LogP contribution in [0.3, 0.4) is 0 Å². The number of oxime groups is 1. The molecule has 0 N–H and O–H groups in total. The van der Waals surface area contributed by atoms with Crippen LogP contribution >= 0.6 is 35.1 Å². The summed E-state index contributed by atoms with van der Waals surface area (Å²) in [5, 5.41) is 3.24. The predicted octanol–water partition coefficient (Wildman–Crippen LogP) is 2.57. The minimum Gasteiger partial charge on any atom is -0.298 e. The number of rotatable bonds is 5. The summed E-state index contributed by atoms with van der Waals surface area (Å²) in [5.74, 6) is 0. The number of carbonyl (C=O) groups is 1. The third-order valence-corrected chi connectivity index (χ3v) is 5.01. The zero-order valence-corrected chi connectivity index (χ0v) is 13.7. The number of halogens is 3. The van der Waals surface area contributed by atoms with E-state index < -0.39 is 24.6 Å². The summed E-state index contributed by atoms with van der Waals surface area (Å²) in [6.07, 6.45) is 0.901. The second-order valence-electron chi connectivity index (χ2n) is 4.00. The second-order valence-corrected chi connectivity index (χ2v) is 9.57. The Morgan fingerprint density at radius 3 is 2.32 bits per heavy atom. The first-order valence-electron chi connectivity index (χ1n) is 4.71. The van der Waals surface area contributed by atoms with E-state index in [1.54, 1.807) is 0 Å². The van der Waals surface area contributed by atoms with Gasteiger partial charge in [0.15, 0.2) is 9.84 Å². The first-order valence-corrected chi connectivity index (χ1v) is 8.13. The van der Waals surface area contributed by atoms with Crippen LogP contribution in [0, 0.1) is 0 Å². The molecular weight excluding hydrogens is 342 g/mol. The number of hydrogen-bond acceptors (Lipinski definition) is 6. The second kappa shape index (κ2) is 6.47. The van der Waals surface area contributed by atoms with Crippen molar-refractivity contribution in [3.63, 3.8) is 0 Å². The van der Waals surface area contributed by atoms with E-state index in [9.17, 15) is 17.6 Å². The molecule has 0 heterocycles. The molecule has 0 bridgehead atoms. The van der Waals surface area contributed by atoms with Crippen molar-refractivity contribution in [1.82, 2.24) is 4.31 Å². The van der Waals surface area contributed by atoms with Crippen molar-refractivity contribution in [2.24, 2.45) is 5.16 Å². The Balaban J connectivity index is 4.55. The van der Waals surface area contributed by atoms with Gasteiger partial charge in [-0.15, -0.1) is 0 Å². The Kier molecular flexibility index (Phi) is 6.38. The highest BCUT2D eigenvalue weighted by Gasteiger charge is 2.30. The average Bonchev–Trinajstić information content (AvgIpc) is 2.12. The maximum absolute atomic E-state index is 12.8. The van der Waals surface area contributed by atoms with Gasteiger partial charge in [-0.1, -0.05) is 28.4 Å². The van der Waals surface area contributed by atoms with E-state index in [4.69, 9.17) is 23.2 Å². The molecule has 0 unspecified atom stereocenters. The zero-order chi connectivity index (χ0) is 15.5.